The van der Waals surface area contributed by atoms with Crippen molar-refractivity contribution in [1.82, 2.24) is 0 Å². The van der Waals surface area contributed by atoms with Crippen molar-refractivity contribution >= 4 is 11.6 Å². The highest BCUT2D eigenvalue weighted by Crippen LogP contribution is 2.25. The van der Waals surface area contributed by atoms with E-state index in [-0.39, 0.29) is 11.6 Å². The zero-order valence-corrected chi connectivity index (χ0v) is 10.3. The van der Waals surface area contributed by atoms with Crippen molar-refractivity contribution in [2.75, 3.05) is 0 Å². The maximum atomic E-state index is 11.6. The third-order valence-corrected chi connectivity index (χ3v) is 2.96. The largest absolute Gasteiger partial charge is 0.295 e. The van der Waals surface area contributed by atoms with E-state index >= 15 is 0 Å². The molecular weight excluding hydrogens is 200 g/mol. The fraction of sp³-hybridized carbons (Fsp3) is 0.571. The summed E-state index contributed by atoms with van der Waals surface area (Å²) in [6.45, 7) is 5.95. The van der Waals surface area contributed by atoms with Gasteiger partial charge in [-0.2, -0.15) is 0 Å². The monoisotopic (exact) mass is 220 g/mol. The fourth-order valence-corrected chi connectivity index (χ4v) is 2.04. The molecule has 1 aliphatic rings. The average molecular weight is 220 g/mol. The van der Waals surface area contributed by atoms with Crippen LogP contribution in [-0.2, 0) is 9.59 Å². The van der Waals surface area contributed by atoms with Crippen LogP contribution in [-0.4, -0.2) is 11.6 Å². The lowest BCUT2D eigenvalue weighted by Crippen LogP contribution is -2.17. The van der Waals surface area contributed by atoms with Crippen molar-refractivity contribution in [2.24, 2.45) is 11.8 Å². The normalized spacial score (nSPS) is 21.7. The van der Waals surface area contributed by atoms with Gasteiger partial charge < -0.3 is 0 Å². The quantitative estimate of drug-likeness (QED) is 0.682. The second kappa shape index (κ2) is 5.78. The van der Waals surface area contributed by atoms with Gasteiger partial charge in [-0.25, -0.2) is 0 Å². The molecule has 0 aromatic carbocycles. The van der Waals surface area contributed by atoms with Crippen LogP contribution >= 0.6 is 0 Å². The minimum Gasteiger partial charge on any atom is -0.295 e. The molecule has 0 saturated heterocycles. The number of carbonyl (C=O) groups is 2. The highest BCUT2D eigenvalue weighted by Gasteiger charge is 2.20. The van der Waals surface area contributed by atoms with Gasteiger partial charge in [-0.3, -0.25) is 9.59 Å². The number of rotatable bonds is 4. The molecule has 2 atom stereocenters. The Hall–Kier alpha value is -1.18. The molecule has 0 heterocycles. The molecule has 0 aliphatic heterocycles. The van der Waals surface area contributed by atoms with E-state index in [1.165, 1.54) is 0 Å². The first kappa shape index (κ1) is 12.9. The molecule has 0 fully saturated rings. The molecule has 0 aromatic heterocycles. The van der Waals surface area contributed by atoms with Crippen LogP contribution in [0, 0.1) is 11.8 Å². The molecule has 0 saturated carbocycles. The van der Waals surface area contributed by atoms with Crippen molar-refractivity contribution in [3.8, 4) is 0 Å². The van der Waals surface area contributed by atoms with Gasteiger partial charge in [-0.1, -0.05) is 18.6 Å². The van der Waals surface area contributed by atoms with Crippen LogP contribution in [0.15, 0.2) is 23.8 Å². The summed E-state index contributed by atoms with van der Waals surface area (Å²) in [5.74, 6) is 1.11. The van der Waals surface area contributed by atoms with E-state index in [1.54, 1.807) is 12.2 Å². The van der Waals surface area contributed by atoms with Gasteiger partial charge in [0, 0.05) is 12.8 Å². The molecule has 16 heavy (non-hydrogen) atoms. The average Bonchev–Trinajstić information content (AvgIpc) is 2.16. The number of hydrogen-bond donors (Lipinski definition) is 0. The molecule has 0 spiro atoms. The van der Waals surface area contributed by atoms with Gasteiger partial charge in [0.2, 0.25) is 0 Å². The Morgan fingerprint density at radius 1 is 1.56 bits per heavy atom. The summed E-state index contributed by atoms with van der Waals surface area (Å²) >= 11 is 0. The van der Waals surface area contributed by atoms with Crippen LogP contribution in [0.3, 0.4) is 0 Å². The summed E-state index contributed by atoms with van der Waals surface area (Å²) in [7, 11) is 0. The van der Waals surface area contributed by atoms with Crippen molar-refractivity contribution in [2.45, 2.75) is 40.0 Å². The van der Waals surface area contributed by atoms with Crippen LogP contribution in [0.2, 0.25) is 0 Å². The first-order valence-corrected chi connectivity index (χ1v) is 5.88. The third-order valence-electron chi connectivity index (χ3n) is 2.96. The second-order valence-corrected chi connectivity index (χ2v) is 4.90. The standard InChI is InChI=1S/C14H20O2/c1-10(2)8-14(16)9-11(3)12-4-6-13(15)7-5-12/h4,6,8,11-12H,5,7,9H2,1-3H3/t11-,12+/m0/s1. The highest BCUT2D eigenvalue weighted by atomic mass is 16.1. The molecule has 0 amide bonds. The molecule has 88 valence electrons. The van der Waals surface area contributed by atoms with Gasteiger partial charge in [0.25, 0.3) is 0 Å². The predicted molar refractivity (Wildman–Crippen MR) is 65.1 cm³/mol. The number of allylic oxidation sites excluding steroid dienone is 4. The Bertz CT molecular complexity index is 333. The summed E-state index contributed by atoms with van der Waals surface area (Å²) in [5.41, 5.74) is 1.05. The predicted octanol–water partition coefficient (Wildman–Crippen LogP) is 3.08. The minimum atomic E-state index is 0.192. The van der Waals surface area contributed by atoms with Crippen LogP contribution in [0.25, 0.3) is 0 Å². The van der Waals surface area contributed by atoms with Gasteiger partial charge >= 0.3 is 0 Å². The molecule has 2 heteroatoms. The molecule has 0 N–H and O–H groups in total. The topological polar surface area (TPSA) is 34.1 Å². The van der Waals surface area contributed by atoms with Crippen molar-refractivity contribution in [3.63, 3.8) is 0 Å². The SMILES string of the molecule is CC(C)=CC(=O)C[C@H](C)[C@@H]1C=CC(=O)CC1. The maximum Gasteiger partial charge on any atom is 0.155 e. The van der Waals surface area contributed by atoms with Crippen molar-refractivity contribution in [1.29, 1.82) is 0 Å². The molecule has 0 unspecified atom stereocenters. The van der Waals surface area contributed by atoms with E-state index in [2.05, 4.69) is 6.92 Å². The van der Waals surface area contributed by atoms with E-state index in [0.717, 1.165) is 12.0 Å². The molecule has 1 rings (SSSR count). The van der Waals surface area contributed by atoms with Gasteiger partial charge in [0.05, 0.1) is 0 Å². The van der Waals surface area contributed by atoms with Crippen LogP contribution in [0.4, 0.5) is 0 Å². The van der Waals surface area contributed by atoms with Gasteiger partial charge in [-0.15, -0.1) is 0 Å². The smallest absolute Gasteiger partial charge is 0.155 e. The fourth-order valence-electron chi connectivity index (χ4n) is 2.04. The van der Waals surface area contributed by atoms with Crippen LogP contribution in [0.5, 0.6) is 0 Å². The molecule has 0 bridgehead atoms. The Labute approximate surface area is 97.4 Å². The summed E-state index contributed by atoms with van der Waals surface area (Å²) in [6, 6.07) is 0. The van der Waals surface area contributed by atoms with Crippen molar-refractivity contribution in [3.05, 3.63) is 23.8 Å². The Morgan fingerprint density at radius 3 is 2.75 bits per heavy atom. The third kappa shape index (κ3) is 4.13. The summed E-state index contributed by atoms with van der Waals surface area (Å²) in [5, 5.41) is 0. The number of ketones is 2. The van der Waals surface area contributed by atoms with E-state index in [1.807, 2.05) is 19.9 Å². The summed E-state index contributed by atoms with van der Waals surface area (Å²) < 4.78 is 0. The molecule has 0 radical (unpaired) electrons. The lowest BCUT2D eigenvalue weighted by Gasteiger charge is -2.21. The summed E-state index contributed by atoms with van der Waals surface area (Å²) in [4.78, 5) is 22.6. The van der Waals surface area contributed by atoms with Crippen LogP contribution in [0.1, 0.15) is 40.0 Å². The number of carbonyl (C=O) groups excluding carboxylic acids is 2. The van der Waals surface area contributed by atoms with E-state index in [0.29, 0.717) is 24.7 Å². The molecule has 1 aliphatic carbocycles. The molecule has 0 aromatic rings. The minimum absolute atomic E-state index is 0.192. The first-order chi connectivity index (χ1) is 7.49. The van der Waals surface area contributed by atoms with Crippen LogP contribution < -0.4 is 0 Å². The van der Waals surface area contributed by atoms with E-state index < -0.39 is 0 Å². The maximum absolute atomic E-state index is 11.6. The Kier molecular flexibility index (Phi) is 4.66. The zero-order chi connectivity index (χ0) is 12.1. The molecular formula is C14H20O2. The lowest BCUT2D eigenvalue weighted by molar-refractivity contribution is -0.115. The van der Waals surface area contributed by atoms with Gasteiger partial charge in [-0.05, 0) is 44.3 Å². The molecule has 2 nitrogen and oxygen atoms in total. The zero-order valence-electron chi connectivity index (χ0n) is 10.3. The summed E-state index contributed by atoms with van der Waals surface area (Å²) in [6.07, 6.45) is 7.42. The van der Waals surface area contributed by atoms with Crippen molar-refractivity contribution < 1.29 is 9.59 Å². The Balaban J connectivity index is 2.50. The highest BCUT2D eigenvalue weighted by molar-refractivity contribution is 5.91. The second-order valence-electron chi connectivity index (χ2n) is 4.90. The first-order valence-electron chi connectivity index (χ1n) is 5.88. The van der Waals surface area contributed by atoms with E-state index in [4.69, 9.17) is 0 Å². The van der Waals surface area contributed by atoms with Gasteiger partial charge in [0.15, 0.2) is 11.6 Å². The lowest BCUT2D eigenvalue weighted by atomic mass is 9.82. The van der Waals surface area contributed by atoms with Gasteiger partial charge in [0.1, 0.15) is 0 Å². The Morgan fingerprint density at radius 2 is 2.25 bits per heavy atom. The number of hydrogen-bond acceptors (Lipinski definition) is 2. The van der Waals surface area contributed by atoms with E-state index in [9.17, 15) is 9.59 Å².